The smallest absolute Gasteiger partial charge is 0.253 e. The van der Waals surface area contributed by atoms with Crippen LogP contribution in [0.2, 0.25) is 0 Å². The first-order valence-corrected chi connectivity index (χ1v) is 7.49. The summed E-state index contributed by atoms with van der Waals surface area (Å²) in [5.74, 6) is -0.145. The highest BCUT2D eigenvalue weighted by Crippen LogP contribution is 2.27. The molecule has 6 heteroatoms. The van der Waals surface area contributed by atoms with Crippen LogP contribution in [0.4, 0.5) is 0 Å². The number of aromatic amines is 1. The number of nitrogens with one attached hydrogen (secondary N) is 2. The minimum atomic E-state index is -3.26. The Morgan fingerprint density at radius 1 is 1.28 bits per heavy atom. The van der Waals surface area contributed by atoms with Crippen molar-refractivity contribution in [3.8, 4) is 0 Å². The molecule has 1 amide bonds. The lowest BCUT2D eigenvalue weighted by molar-refractivity contribution is 0.0947. The van der Waals surface area contributed by atoms with Gasteiger partial charge in [0.05, 0.1) is 10.5 Å². The maximum atomic E-state index is 11.8. The van der Waals surface area contributed by atoms with Crippen molar-refractivity contribution in [2.24, 2.45) is 0 Å². The molecule has 5 nitrogen and oxygen atoms in total. The molecule has 0 fully saturated rings. The van der Waals surface area contributed by atoms with Gasteiger partial charge in [-0.3, -0.25) is 4.79 Å². The minimum Gasteiger partial charge on any atom is -0.358 e. The van der Waals surface area contributed by atoms with E-state index in [-0.39, 0.29) is 10.8 Å². The highest BCUT2D eigenvalue weighted by molar-refractivity contribution is 7.90. The summed E-state index contributed by atoms with van der Waals surface area (Å²) in [6.07, 6.45) is 1.90. The number of H-pyrrole nitrogens is 1. The summed E-state index contributed by atoms with van der Waals surface area (Å²) in [5.41, 5.74) is 2.24. The standard InChI is InChI=1S/C12H12N2O3S/c1-18(16,17)7-2-3-9-8(6-7)11-10(14-9)4-5-13-12(11)15/h2-3,6,14H,4-5H2,1H3,(H,13,15). The molecule has 0 unspecified atom stereocenters. The van der Waals surface area contributed by atoms with E-state index in [0.29, 0.717) is 17.5 Å². The van der Waals surface area contributed by atoms with E-state index in [2.05, 4.69) is 10.3 Å². The Bertz CT molecular complexity index is 759. The fourth-order valence-corrected chi connectivity index (χ4v) is 2.94. The van der Waals surface area contributed by atoms with Gasteiger partial charge in [0.15, 0.2) is 9.84 Å². The zero-order valence-corrected chi connectivity index (χ0v) is 10.6. The molecule has 1 aromatic heterocycles. The van der Waals surface area contributed by atoms with Crippen molar-refractivity contribution in [2.75, 3.05) is 12.8 Å². The Kier molecular flexibility index (Phi) is 2.25. The van der Waals surface area contributed by atoms with Gasteiger partial charge in [0, 0.05) is 35.8 Å². The number of aromatic nitrogens is 1. The molecule has 0 aliphatic carbocycles. The van der Waals surface area contributed by atoms with Crippen LogP contribution in [0.1, 0.15) is 16.1 Å². The summed E-state index contributed by atoms with van der Waals surface area (Å²) in [5, 5.41) is 3.44. The van der Waals surface area contributed by atoms with E-state index in [4.69, 9.17) is 0 Å². The molecule has 0 bridgehead atoms. The van der Waals surface area contributed by atoms with Gasteiger partial charge in [0.25, 0.3) is 5.91 Å². The van der Waals surface area contributed by atoms with Crippen LogP contribution in [0.5, 0.6) is 0 Å². The number of hydrogen-bond acceptors (Lipinski definition) is 3. The average Bonchev–Trinajstić information content (AvgIpc) is 2.66. The summed E-state index contributed by atoms with van der Waals surface area (Å²) >= 11 is 0. The molecule has 1 aliphatic rings. The highest BCUT2D eigenvalue weighted by Gasteiger charge is 2.22. The van der Waals surface area contributed by atoms with Crippen molar-refractivity contribution in [3.63, 3.8) is 0 Å². The molecule has 2 N–H and O–H groups in total. The van der Waals surface area contributed by atoms with Crippen molar-refractivity contribution in [1.82, 2.24) is 10.3 Å². The zero-order chi connectivity index (χ0) is 12.9. The fourth-order valence-electron chi connectivity index (χ4n) is 2.29. The van der Waals surface area contributed by atoms with Crippen LogP contribution in [0.25, 0.3) is 10.9 Å². The van der Waals surface area contributed by atoms with Crippen molar-refractivity contribution in [3.05, 3.63) is 29.5 Å². The molecular weight excluding hydrogens is 252 g/mol. The molecule has 2 aromatic rings. The van der Waals surface area contributed by atoms with E-state index in [0.717, 1.165) is 23.9 Å². The van der Waals surface area contributed by atoms with Crippen LogP contribution in [0.15, 0.2) is 23.1 Å². The first-order chi connectivity index (χ1) is 8.47. The topological polar surface area (TPSA) is 79.0 Å². The molecule has 0 saturated carbocycles. The Hall–Kier alpha value is -1.82. The van der Waals surface area contributed by atoms with Crippen LogP contribution in [0, 0.1) is 0 Å². The number of amides is 1. The predicted molar refractivity (Wildman–Crippen MR) is 67.4 cm³/mol. The zero-order valence-electron chi connectivity index (χ0n) is 9.78. The van der Waals surface area contributed by atoms with Gasteiger partial charge in [-0.2, -0.15) is 0 Å². The number of sulfone groups is 1. The van der Waals surface area contributed by atoms with Gasteiger partial charge in [-0.15, -0.1) is 0 Å². The van der Waals surface area contributed by atoms with Crippen molar-refractivity contribution in [2.45, 2.75) is 11.3 Å². The van der Waals surface area contributed by atoms with Gasteiger partial charge in [-0.25, -0.2) is 8.42 Å². The number of benzene rings is 1. The number of rotatable bonds is 1. The summed E-state index contributed by atoms with van der Waals surface area (Å²) in [6, 6.07) is 4.82. The molecule has 18 heavy (non-hydrogen) atoms. The van der Waals surface area contributed by atoms with E-state index < -0.39 is 9.84 Å². The Balaban J connectivity index is 2.34. The molecule has 0 saturated heterocycles. The lowest BCUT2D eigenvalue weighted by atomic mass is 10.1. The summed E-state index contributed by atoms with van der Waals surface area (Å²) < 4.78 is 23.1. The van der Waals surface area contributed by atoms with Gasteiger partial charge in [-0.05, 0) is 18.2 Å². The average molecular weight is 264 g/mol. The van der Waals surface area contributed by atoms with Crippen LogP contribution in [-0.2, 0) is 16.3 Å². The van der Waals surface area contributed by atoms with E-state index in [9.17, 15) is 13.2 Å². The molecule has 1 aromatic carbocycles. The number of hydrogen-bond donors (Lipinski definition) is 2. The maximum Gasteiger partial charge on any atom is 0.253 e. The highest BCUT2D eigenvalue weighted by atomic mass is 32.2. The molecular formula is C12H12N2O3S. The van der Waals surface area contributed by atoms with E-state index in [1.807, 2.05) is 0 Å². The Morgan fingerprint density at radius 3 is 2.78 bits per heavy atom. The molecule has 0 radical (unpaired) electrons. The summed E-state index contributed by atoms with van der Waals surface area (Å²) in [7, 11) is -3.26. The fraction of sp³-hybridized carbons (Fsp3) is 0.250. The molecule has 94 valence electrons. The number of carbonyl (C=O) groups is 1. The maximum absolute atomic E-state index is 11.8. The molecule has 3 rings (SSSR count). The van der Waals surface area contributed by atoms with Gasteiger partial charge in [0.1, 0.15) is 0 Å². The SMILES string of the molecule is CS(=O)(=O)c1ccc2[nH]c3c(c2c1)C(=O)NCC3. The first-order valence-electron chi connectivity index (χ1n) is 5.59. The predicted octanol–water partition coefficient (Wildman–Crippen LogP) is 0.857. The van der Waals surface area contributed by atoms with Gasteiger partial charge in [0.2, 0.25) is 0 Å². The second-order valence-electron chi connectivity index (χ2n) is 4.46. The van der Waals surface area contributed by atoms with Crippen molar-refractivity contribution >= 4 is 26.6 Å². The summed E-state index contributed by atoms with van der Waals surface area (Å²) in [4.78, 5) is 15.2. The molecule has 1 aliphatic heterocycles. The van der Waals surface area contributed by atoms with Crippen LogP contribution >= 0.6 is 0 Å². The molecule has 0 spiro atoms. The molecule has 0 atom stereocenters. The lowest BCUT2D eigenvalue weighted by Gasteiger charge is -2.12. The van der Waals surface area contributed by atoms with E-state index >= 15 is 0 Å². The normalized spacial score (nSPS) is 15.5. The second-order valence-corrected chi connectivity index (χ2v) is 6.48. The van der Waals surface area contributed by atoms with Crippen molar-refractivity contribution in [1.29, 1.82) is 0 Å². The third-order valence-corrected chi connectivity index (χ3v) is 4.27. The first kappa shape index (κ1) is 11.3. The van der Waals surface area contributed by atoms with Crippen LogP contribution < -0.4 is 5.32 Å². The largest absolute Gasteiger partial charge is 0.358 e. The Morgan fingerprint density at radius 2 is 2.06 bits per heavy atom. The van der Waals surface area contributed by atoms with Crippen LogP contribution in [0.3, 0.4) is 0 Å². The van der Waals surface area contributed by atoms with E-state index in [1.54, 1.807) is 18.2 Å². The van der Waals surface area contributed by atoms with Crippen LogP contribution in [-0.4, -0.2) is 32.1 Å². The number of fused-ring (bicyclic) bond motifs is 3. The monoisotopic (exact) mass is 264 g/mol. The third-order valence-electron chi connectivity index (χ3n) is 3.16. The lowest BCUT2D eigenvalue weighted by Crippen LogP contribution is -2.31. The van der Waals surface area contributed by atoms with Gasteiger partial charge in [-0.1, -0.05) is 0 Å². The third kappa shape index (κ3) is 1.60. The van der Waals surface area contributed by atoms with Gasteiger partial charge < -0.3 is 10.3 Å². The van der Waals surface area contributed by atoms with Gasteiger partial charge >= 0.3 is 0 Å². The minimum absolute atomic E-state index is 0.145. The second kappa shape index (κ2) is 3.58. The van der Waals surface area contributed by atoms with E-state index in [1.165, 1.54) is 0 Å². The summed E-state index contributed by atoms with van der Waals surface area (Å²) in [6.45, 7) is 0.609. The molecule has 2 heterocycles. The number of carbonyl (C=O) groups excluding carboxylic acids is 1. The van der Waals surface area contributed by atoms with Crippen molar-refractivity contribution < 1.29 is 13.2 Å². The Labute approximate surface area is 104 Å². The quantitative estimate of drug-likeness (QED) is 0.801.